The molecule has 0 unspecified atom stereocenters. The minimum atomic E-state index is 0.291. The van der Waals surface area contributed by atoms with Crippen molar-refractivity contribution in [2.75, 3.05) is 27.9 Å². The van der Waals surface area contributed by atoms with E-state index < -0.39 is 0 Å². The fraction of sp³-hybridized carbons (Fsp3) is 0.241. The second-order valence-electron chi connectivity index (χ2n) is 7.89. The molecular formula is C29H28BrNO5. The molecule has 7 heteroatoms. The van der Waals surface area contributed by atoms with Gasteiger partial charge in [-0.25, -0.2) is 0 Å². The maximum absolute atomic E-state index is 6.16. The van der Waals surface area contributed by atoms with Crippen molar-refractivity contribution in [1.82, 2.24) is 4.57 Å². The van der Waals surface area contributed by atoms with Gasteiger partial charge in [0.15, 0.2) is 0 Å². The van der Waals surface area contributed by atoms with Gasteiger partial charge in [-0.15, -0.1) is 0 Å². The summed E-state index contributed by atoms with van der Waals surface area (Å²) in [7, 11) is 4.98. The Labute approximate surface area is 219 Å². The summed E-state index contributed by atoms with van der Waals surface area (Å²) in [5.74, 6) is 9.45. The Hall–Kier alpha value is -3.60. The van der Waals surface area contributed by atoms with Crippen molar-refractivity contribution in [3.05, 3.63) is 82.5 Å². The summed E-state index contributed by atoms with van der Waals surface area (Å²) in [5.41, 5.74) is 3.17. The van der Waals surface area contributed by atoms with Crippen molar-refractivity contribution >= 4 is 26.8 Å². The lowest BCUT2D eigenvalue weighted by Crippen LogP contribution is -2.08. The van der Waals surface area contributed by atoms with Gasteiger partial charge in [0.25, 0.3) is 0 Å². The number of fused-ring (bicyclic) bond motifs is 1. The van der Waals surface area contributed by atoms with Crippen LogP contribution in [0.25, 0.3) is 10.9 Å². The third-order valence-electron chi connectivity index (χ3n) is 5.70. The molecule has 3 aromatic carbocycles. The van der Waals surface area contributed by atoms with Crippen LogP contribution in [-0.2, 0) is 24.5 Å². The topological polar surface area (TPSA) is 51.1 Å². The minimum Gasteiger partial charge on any atom is -0.497 e. The third-order valence-corrected chi connectivity index (χ3v) is 6.20. The smallest absolute Gasteiger partial charge is 0.149 e. The SMILES string of the molecule is COCc1c(COc2ccc(OC)cc2)n(CC#CCOc2ccc(OC)cc2)c2ccc(Br)cc12. The van der Waals surface area contributed by atoms with Crippen LogP contribution in [0.15, 0.2) is 71.2 Å². The van der Waals surface area contributed by atoms with E-state index in [0.29, 0.717) is 26.4 Å². The zero-order valence-electron chi connectivity index (χ0n) is 20.5. The standard InChI is InChI=1S/C29H28BrNO5/c1-32-19-27-26-18-21(30)6-15-28(26)31(29(27)20-36-25-13-9-23(34-3)10-14-25)16-4-5-17-35-24-11-7-22(33-2)8-12-24/h6-15,18H,16-17,19-20H2,1-3H3. The summed E-state index contributed by atoms with van der Waals surface area (Å²) in [5, 5.41) is 1.11. The average Bonchev–Trinajstić information content (AvgIpc) is 3.19. The average molecular weight is 550 g/mol. The molecule has 186 valence electrons. The van der Waals surface area contributed by atoms with E-state index in [1.807, 2.05) is 54.6 Å². The number of benzene rings is 3. The van der Waals surface area contributed by atoms with E-state index in [9.17, 15) is 0 Å². The Bertz CT molecular complexity index is 1350. The van der Waals surface area contributed by atoms with Gasteiger partial charge in [-0.2, -0.15) is 0 Å². The van der Waals surface area contributed by atoms with Gasteiger partial charge in [0.1, 0.15) is 36.2 Å². The lowest BCUT2D eigenvalue weighted by molar-refractivity contribution is 0.182. The predicted molar refractivity (Wildman–Crippen MR) is 144 cm³/mol. The lowest BCUT2D eigenvalue weighted by Gasteiger charge is -2.12. The minimum absolute atomic E-state index is 0.291. The van der Waals surface area contributed by atoms with Gasteiger partial charge in [-0.05, 0) is 66.7 Å². The Morgan fingerprint density at radius 3 is 1.94 bits per heavy atom. The number of nitrogens with zero attached hydrogens (tertiary/aromatic N) is 1. The van der Waals surface area contributed by atoms with E-state index in [4.69, 9.17) is 23.7 Å². The Morgan fingerprint density at radius 2 is 1.33 bits per heavy atom. The molecule has 36 heavy (non-hydrogen) atoms. The van der Waals surface area contributed by atoms with E-state index in [-0.39, 0.29) is 0 Å². The van der Waals surface area contributed by atoms with Gasteiger partial charge in [-0.3, -0.25) is 0 Å². The molecule has 0 amide bonds. The van der Waals surface area contributed by atoms with Crippen LogP contribution in [0.5, 0.6) is 23.0 Å². The van der Waals surface area contributed by atoms with Crippen LogP contribution < -0.4 is 18.9 Å². The van der Waals surface area contributed by atoms with E-state index in [1.165, 1.54) is 0 Å². The number of methoxy groups -OCH3 is 3. The van der Waals surface area contributed by atoms with Crippen LogP contribution in [0.2, 0.25) is 0 Å². The molecule has 0 aliphatic carbocycles. The van der Waals surface area contributed by atoms with Crippen molar-refractivity contribution in [3.63, 3.8) is 0 Å². The highest BCUT2D eigenvalue weighted by Gasteiger charge is 2.18. The van der Waals surface area contributed by atoms with Gasteiger partial charge in [0.2, 0.25) is 0 Å². The molecule has 4 rings (SSSR count). The fourth-order valence-electron chi connectivity index (χ4n) is 3.90. The molecule has 0 radical (unpaired) electrons. The van der Waals surface area contributed by atoms with Crippen LogP contribution in [0.4, 0.5) is 0 Å². The van der Waals surface area contributed by atoms with E-state index in [2.05, 4.69) is 44.5 Å². The predicted octanol–water partition coefficient (Wildman–Crippen LogP) is 6.23. The molecule has 0 aliphatic heterocycles. The van der Waals surface area contributed by atoms with Gasteiger partial charge in [0.05, 0.1) is 33.1 Å². The second kappa shape index (κ2) is 12.4. The number of halogens is 1. The van der Waals surface area contributed by atoms with E-state index in [0.717, 1.165) is 49.6 Å². The maximum atomic E-state index is 6.16. The van der Waals surface area contributed by atoms with Crippen molar-refractivity contribution in [1.29, 1.82) is 0 Å². The van der Waals surface area contributed by atoms with Crippen molar-refractivity contribution < 1.29 is 23.7 Å². The first-order chi connectivity index (χ1) is 17.6. The number of ether oxygens (including phenoxy) is 5. The highest BCUT2D eigenvalue weighted by atomic mass is 79.9. The zero-order chi connectivity index (χ0) is 25.3. The summed E-state index contributed by atoms with van der Waals surface area (Å²) < 4.78 is 31.1. The summed E-state index contributed by atoms with van der Waals surface area (Å²) >= 11 is 3.60. The lowest BCUT2D eigenvalue weighted by atomic mass is 10.1. The van der Waals surface area contributed by atoms with Gasteiger partial charge < -0.3 is 28.3 Å². The molecule has 1 aromatic heterocycles. The van der Waals surface area contributed by atoms with Crippen molar-refractivity contribution in [2.45, 2.75) is 19.8 Å². The largest absolute Gasteiger partial charge is 0.497 e. The van der Waals surface area contributed by atoms with Crippen molar-refractivity contribution in [3.8, 4) is 34.8 Å². The van der Waals surface area contributed by atoms with Crippen LogP contribution in [0.1, 0.15) is 11.3 Å². The third kappa shape index (κ3) is 6.14. The molecule has 0 saturated carbocycles. The highest BCUT2D eigenvalue weighted by molar-refractivity contribution is 9.10. The molecule has 0 saturated heterocycles. The molecule has 0 fully saturated rings. The molecular weight excluding hydrogens is 522 g/mol. The van der Waals surface area contributed by atoms with Gasteiger partial charge in [-0.1, -0.05) is 27.8 Å². The molecule has 0 bridgehead atoms. The first-order valence-corrected chi connectivity index (χ1v) is 12.2. The quantitative estimate of drug-likeness (QED) is 0.219. The van der Waals surface area contributed by atoms with Crippen LogP contribution in [0, 0.1) is 11.8 Å². The first-order valence-electron chi connectivity index (χ1n) is 11.4. The number of hydrogen-bond donors (Lipinski definition) is 0. The Kier molecular flexibility index (Phi) is 8.77. The normalized spacial score (nSPS) is 10.6. The van der Waals surface area contributed by atoms with E-state index >= 15 is 0 Å². The van der Waals surface area contributed by atoms with Gasteiger partial charge >= 0.3 is 0 Å². The summed E-state index contributed by atoms with van der Waals surface area (Å²) in [6.07, 6.45) is 0. The highest BCUT2D eigenvalue weighted by Crippen LogP contribution is 2.31. The molecule has 0 atom stereocenters. The molecule has 6 nitrogen and oxygen atoms in total. The zero-order valence-corrected chi connectivity index (χ0v) is 22.1. The maximum Gasteiger partial charge on any atom is 0.149 e. The number of hydrogen-bond acceptors (Lipinski definition) is 5. The second-order valence-corrected chi connectivity index (χ2v) is 8.80. The summed E-state index contributed by atoms with van der Waals surface area (Å²) in [4.78, 5) is 0. The molecule has 0 spiro atoms. The van der Waals surface area contributed by atoms with Crippen molar-refractivity contribution in [2.24, 2.45) is 0 Å². The van der Waals surface area contributed by atoms with E-state index in [1.54, 1.807) is 21.3 Å². The molecule has 4 aromatic rings. The van der Waals surface area contributed by atoms with Gasteiger partial charge in [0, 0.05) is 28.0 Å². The molecule has 1 heterocycles. The molecule has 0 aliphatic rings. The Morgan fingerprint density at radius 1 is 0.722 bits per heavy atom. The monoisotopic (exact) mass is 549 g/mol. The number of rotatable bonds is 10. The number of aromatic nitrogens is 1. The van der Waals surface area contributed by atoms with Crippen LogP contribution in [0.3, 0.4) is 0 Å². The van der Waals surface area contributed by atoms with Crippen LogP contribution >= 0.6 is 15.9 Å². The molecule has 0 N–H and O–H groups in total. The summed E-state index contributed by atoms with van der Waals surface area (Å²) in [6, 6.07) is 21.2. The first kappa shape index (κ1) is 25.5. The Balaban J connectivity index is 1.56. The fourth-order valence-corrected chi connectivity index (χ4v) is 4.26. The van der Waals surface area contributed by atoms with Crippen LogP contribution in [-0.4, -0.2) is 32.5 Å². The summed E-state index contributed by atoms with van der Waals surface area (Å²) in [6.45, 7) is 1.63.